The Morgan fingerprint density at radius 3 is 2.62 bits per heavy atom. The number of anilines is 1. The summed E-state index contributed by atoms with van der Waals surface area (Å²) in [6.45, 7) is 9.62. The molecule has 1 aromatic carbocycles. The molecule has 2 amide bonds. The second-order valence-electron chi connectivity index (χ2n) is 6.16. The first kappa shape index (κ1) is 18.3. The molecule has 0 bridgehead atoms. The van der Waals surface area contributed by atoms with Crippen LogP contribution in [0.25, 0.3) is 0 Å². The minimum absolute atomic E-state index is 0.451. The highest BCUT2D eigenvalue weighted by atomic mass is 16.5. The van der Waals surface area contributed by atoms with Crippen molar-refractivity contribution in [3.05, 3.63) is 24.3 Å². The van der Waals surface area contributed by atoms with Crippen LogP contribution in [0.1, 0.15) is 27.2 Å². The molecule has 1 aliphatic heterocycles. The molecule has 0 spiro atoms. The smallest absolute Gasteiger partial charge is 0.314 e. The zero-order valence-electron chi connectivity index (χ0n) is 14.7. The normalized spacial score (nSPS) is 15.9. The zero-order chi connectivity index (χ0) is 17.5. The van der Waals surface area contributed by atoms with E-state index >= 15 is 0 Å². The van der Waals surface area contributed by atoms with E-state index in [1.54, 1.807) is 23.1 Å². The van der Waals surface area contributed by atoms with Gasteiger partial charge in [-0.1, -0.05) is 12.1 Å². The van der Waals surface area contributed by atoms with Gasteiger partial charge in [-0.15, -0.1) is 0 Å². The van der Waals surface area contributed by atoms with Crippen molar-refractivity contribution in [2.75, 3.05) is 38.1 Å². The van der Waals surface area contributed by atoms with Gasteiger partial charge in [0.05, 0.1) is 12.3 Å². The fraction of sp³-hybridized carbons (Fsp3) is 0.556. The number of amides is 2. The summed E-state index contributed by atoms with van der Waals surface area (Å²) in [6, 6.07) is 7.59. The van der Waals surface area contributed by atoms with Gasteiger partial charge in [0.15, 0.2) is 0 Å². The summed E-state index contributed by atoms with van der Waals surface area (Å²) in [6.07, 6.45) is 0.882. The molecule has 1 aliphatic rings. The second kappa shape index (κ2) is 8.68. The van der Waals surface area contributed by atoms with Crippen molar-refractivity contribution in [3.63, 3.8) is 0 Å². The van der Waals surface area contributed by atoms with E-state index in [4.69, 9.17) is 4.74 Å². The highest BCUT2D eigenvalue weighted by molar-refractivity contribution is 6.39. The average Bonchev–Trinajstić information content (AvgIpc) is 2.82. The lowest BCUT2D eigenvalue weighted by Gasteiger charge is -2.24. The summed E-state index contributed by atoms with van der Waals surface area (Å²) < 4.78 is 5.48. The highest BCUT2D eigenvalue weighted by Gasteiger charge is 2.25. The van der Waals surface area contributed by atoms with E-state index in [2.05, 4.69) is 24.1 Å². The number of nitrogens with one attached hydrogen (secondary N) is 1. The van der Waals surface area contributed by atoms with Gasteiger partial charge in [0, 0.05) is 32.2 Å². The molecule has 1 aromatic rings. The molecule has 132 valence electrons. The van der Waals surface area contributed by atoms with Gasteiger partial charge in [-0.05, 0) is 39.3 Å². The molecule has 0 saturated carbocycles. The van der Waals surface area contributed by atoms with Gasteiger partial charge in [0.2, 0.25) is 0 Å². The lowest BCUT2D eigenvalue weighted by molar-refractivity contribution is -0.143. The van der Waals surface area contributed by atoms with Gasteiger partial charge in [-0.2, -0.15) is 0 Å². The monoisotopic (exact) mass is 333 g/mol. The molecule has 6 nitrogen and oxygen atoms in total. The van der Waals surface area contributed by atoms with Crippen LogP contribution < -0.4 is 10.1 Å². The van der Waals surface area contributed by atoms with Crippen molar-refractivity contribution in [1.82, 2.24) is 9.80 Å². The number of rotatable bonds is 4. The van der Waals surface area contributed by atoms with Crippen LogP contribution in [0, 0.1) is 0 Å². The van der Waals surface area contributed by atoms with Crippen molar-refractivity contribution in [3.8, 4) is 5.75 Å². The lowest BCUT2D eigenvalue weighted by Crippen LogP contribution is -2.42. The third kappa shape index (κ3) is 4.71. The number of carbonyl (C=O) groups excluding carboxylic acids is 2. The van der Waals surface area contributed by atoms with Crippen molar-refractivity contribution < 1.29 is 14.3 Å². The predicted octanol–water partition coefficient (Wildman–Crippen LogP) is 1.97. The summed E-state index contributed by atoms with van der Waals surface area (Å²) in [7, 11) is 0. The molecule has 1 N–H and O–H groups in total. The molecule has 1 saturated heterocycles. The Kier molecular flexibility index (Phi) is 6.61. The topological polar surface area (TPSA) is 61.9 Å². The predicted molar refractivity (Wildman–Crippen MR) is 94.1 cm³/mol. The maximum absolute atomic E-state index is 12.5. The summed E-state index contributed by atoms with van der Waals surface area (Å²) in [4.78, 5) is 28.7. The van der Waals surface area contributed by atoms with Crippen molar-refractivity contribution in [2.24, 2.45) is 0 Å². The van der Waals surface area contributed by atoms with E-state index in [9.17, 15) is 9.59 Å². The molecule has 0 aromatic heterocycles. The molecule has 0 radical (unpaired) electrons. The molecule has 2 rings (SSSR count). The third-order valence-electron chi connectivity index (χ3n) is 4.18. The number of nitrogens with zero attached hydrogens (tertiary/aromatic N) is 2. The van der Waals surface area contributed by atoms with Gasteiger partial charge in [-0.3, -0.25) is 14.5 Å². The summed E-state index contributed by atoms with van der Waals surface area (Å²) in [5.41, 5.74) is 0.524. The molecule has 1 fully saturated rings. The van der Waals surface area contributed by atoms with Crippen molar-refractivity contribution >= 4 is 17.5 Å². The third-order valence-corrected chi connectivity index (χ3v) is 4.18. The van der Waals surface area contributed by atoms with E-state index < -0.39 is 11.8 Å². The number of carbonyl (C=O) groups is 2. The maximum Gasteiger partial charge on any atom is 0.314 e. The van der Waals surface area contributed by atoms with Crippen LogP contribution in [0.2, 0.25) is 0 Å². The quantitative estimate of drug-likeness (QED) is 0.856. The minimum atomic E-state index is -0.611. The number of para-hydroxylation sites is 2. The Morgan fingerprint density at radius 1 is 1.17 bits per heavy atom. The molecular formula is C18H27N3O3. The molecule has 0 aliphatic carbocycles. The van der Waals surface area contributed by atoms with Crippen molar-refractivity contribution in [2.45, 2.75) is 33.2 Å². The van der Waals surface area contributed by atoms with Gasteiger partial charge in [-0.25, -0.2) is 0 Å². The van der Waals surface area contributed by atoms with Crippen LogP contribution in [-0.2, 0) is 9.59 Å². The van der Waals surface area contributed by atoms with Crippen LogP contribution in [0.15, 0.2) is 24.3 Å². The zero-order valence-corrected chi connectivity index (χ0v) is 14.7. The SMILES string of the molecule is CCOc1ccccc1NC(=O)C(=O)N1CCCN(C(C)C)CC1. The summed E-state index contributed by atoms with van der Waals surface area (Å²) in [5.74, 6) is -0.518. The van der Waals surface area contributed by atoms with E-state index in [1.807, 2.05) is 13.0 Å². The van der Waals surface area contributed by atoms with E-state index in [1.165, 1.54) is 0 Å². The Bertz CT molecular complexity index is 574. The molecule has 6 heteroatoms. The summed E-state index contributed by atoms with van der Waals surface area (Å²) in [5, 5.41) is 2.68. The van der Waals surface area contributed by atoms with Crippen molar-refractivity contribution in [1.29, 1.82) is 0 Å². The van der Waals surface area contributed by atoms with E-state index in [0.29, 0.717) is 37.2 Å². The minimum Gasteiger partial charge on any atom is -0.492 e. The number of hydrogen-bond donors (Lipinski definition) is 1. The van der Waals surface area contributed by atoms with E-state index in [0.717, 1.165) is 19.5 Å². The first-order valence-corrected chi connectivity index (χ1v) is 8.59. The highest BCUT2D eigenvalue weighted by Crippen LogP contribution is 2.23. The second-order valence-corrected chi connectivity index (χ2v) is 6.16. The molecule has 0 unspecified atom stereocenters. The first-order chi connectivity index (χ1) is 11.5. The molecule has 1 heterocycles. The Morgan fingerprint density at radius 2 is 1.92 bits per heavy atom. The van der Waals surface area contributed by atoms with Crippen LogP contribution in [0.3, 0.4) is 0 Å². The number of benzene rings is 1. The maximum atomic E-state index is 12.5. The molecule has 0 atom stereocenters. The van der Waals surface area contributed by atoms with Gasteiger partial charge in [0.1, 0.15) is 5.75 Å². The van der Waals surface area contributed by atoms with Crippen LogP contribution in [0.5, 0.6) is 5.75 Å². The summed E-state index contributed by atoms with van der Waals surface area (Å²) >= 11 is 0. The fourth-order valence-corrected chi connectivity index (χ4v) is 2.83. The standard InChI is InChI=1S/C18H27N3O3/c1-4-24-16-9-6-5-8-15(16)19-17(22)18(23)21-11-7-10-20(12-13-21)14(2)3/h5-6,8-9,14H,4,7,10-13H2,1-3H3,(H,19,22). The van der Waals surface area contributed by atoms with Crippen LogP contribution in [-0.4, -0.2) is 60.4 Å². The van der Waals surface area contributed by atoms with E-state index in [-0.39, 0.29) is 0 Å². The Hall–Kier alpha value is -2.08. The van der Waals surface area contributed by atoms with Gasteiger partial charge < -0.3 is 15.0 Å². The van der Waals surface area contributed by atoms with Gasteiger partial charge in [0.25, 0.3) is 0 Å². The molecular weight excluding hydrogens is 306 g/mol. The number of ether oxygens (including phenoxy) is 1. The van der Waals surface area contributed by atoms with Gasteiger partial charge >= 0.3 is 11.8 Å². The number of hydrogen-bond acceptors (Lipinski definition) is 4. The van der Waals surface area contributed by atoms with Crippen LogP contribution in [0.4, 0.5) is 5.69 Å². The fourth-order valence-electron chi connectivity index (χ4n) is 2.83. The first-order valence-electron chi connectivity index (χ1n) is 8.59. The average molecular weight is 333 g/mol. The lowest BCUT2D eigenvalue weighted by atomic mass is 10.3. The van der Waals surface area contributed by atoms with Crippen LogP contribution >= 0.6 is 0 Å². The largest absolute Gasteiger partial charge is 0.492 e. The Balaban J connectivity index is 1.98. The Labute approximate surface area is 143 Å². The molecule has 24 heavy (non-hydrogen) atoms.